The molecule has 4 heterocycles. The number of benzene rings is 1. The highest BCUT2D eigenvalue weighted by Gasteiger charge is 2.32. The normalized spacial score (nSPS) is 19.2. The van der Waals surface area contributed by atoms with Gasteiger partial charge in [0.2, 0.25) is 0 Å². The molecule has 5 rings (SSSR count). The van der Waals surface area contributed by atoms with Crippen LogP contribution in [0.3, 0.4) is 0 Å². The zero-order chi connectivity index (χ0) is 26.2. The molecule has 2 aliphatic heterocycles. The Labute approximate surface area is 222 Å². The number of hydrogen-bond donors (Lipinski definition) is 2. The van der Waals surface area contributed by atoms with Crippen LogP contribution in [0.25, 0.3) is 5.65 Å². The average Bonchev–Trinajstić information content (AvgIpc) is 3.30. The molecule has 3 N–H and O–H groups in total. The third-order valence-corrected chi connectivity index (χ3v) is 7.20. The largest absolute Gasteiger partial charge is 0.493 e. The van der Waals surface area contributed by atoms with Gasteiger partial charge in [-0.05, 0) is 64.2 Å². The first-order chi connectivity index (χ1) is 17.7. The third-order valence-electron chi connectivity index (χ3n) is 6.97. The Morgan fingerprint density at radius 1 is 1.16 bits per heavy atom. The summed E-state index contributed by atoms with van der Waals surface area (Å²) in [7, 11) is 2.07. The number of fused-ring (bicyclic) bond motifs is 4. The predicted molar refractivity (Wildman–Crippen MR) is 147 cm³/mol. The van der Waals surface area contributed by atoms with E-state index in [1.54, 1.807) is 18.2 Å². The fraction of sp³-hybridized carbons (Fsp3) is 0.519. The van der Waals surface area contributed by atoms with Crippen molar-refractivity contribution in [3.8, 4) is 5.75 Å². The van der Waals surface area contributed by atoms with Crippen molar-refractivity contribution in [1.29, 1.82) is 0 Å². The first-order valence-electron chi connectivity index (χ1n) is 13.1. The van der Waals surface area contributed by atoms with Crippen LogP contribution in [0.15, 0.2) is 30.3 Å². The molecule has 2 aromatic heterocycles. The van der Waals surface area contributed by atoms with E-state index in [4.69, 9.17) is 32.2 Å². The lowest BCUT2D eigenvalue weighted by Crippen LogP contribution is -2.39. The molecule has 0 radical (unpaired) electrons. The number of nitrogens with one attached hydrogen (secondary N) is 1. The summed E-state index contributed by atoms with van der Waals surface area (Å²) < 4.78 is 7.99. The smallest absolute Gasteiger partial charge is 0.258 e. The average molecular weight is 526 g/mol. The number of nitrogens with two attached hydrogens (primary N) is 1. The number of halogens is 1. The molecule has 2 aliphatic rings. The molecule has 1 saturated heterocycles. The Morgan fingerprint density at radius 3 is 2.78 bits per heavy atom. The van der Waals surface area contributed by atoms with E-state index < -0.39 is 0 Å². The predicted octanol–water partition coefficient (Wildman–Crippen LogP) is 4.51. The van der Waals surface area contributed by atoms with Crippen LogP contribution in [-0.4, -0.2) is 64.2 Å². The van der Waals surface area contributed by atoms with E-state index in [1.165, 1.54) is 0 Å². The van der Waals surface area contributed by atoms with Crippen molar-refractivity contribution in [2.75, 3.05) is 43.5 Å². The summed E-state index contributed by atoms with van der Waals surface area (Å²) in [4.78, 5) is 22.8. The number of anilines is 2. The fourth-order valence-corrected chi connectivity index (χ4v) is 5.17. The second-order valence-electron chi connectivity index (χ2n) is 10.8. The Kier molecular flexibility index (Phi) is 7.18. The topological polar surface area (TPSA) is 101 Å². The van der Waals surface area contributed by atoms with E-state index >= 15 is 0 Å². The van der Waals surface area contributed by atoms with E-state index in [1.807, 2.05) is 35.4 Å². The van der Waals surface area contributed by atoms with E-state index in [9.17, 15) is 4.79 Å². The van der Waals surface area contributed by atoms with Crippen LogP contribution in [0.2, 0.25) is 5.02 Å². The third kappa shape index (κ3) is 5.62. The zero-order valence-electron chi connectivity index (χ0n) is 21.8. The van der Waals surface area contributed by atoms with Gasteiger partial charge in [-0.2, -0.15) is 9.61 Å². The highest BCUT2D eigenvalue weighted by atomic mass is 35.5. The number of ether oxygens (including phenoxy) is 1. The SMILES string of the molecule is CN1CCCCOc2ccc(Cl)cc2C(=O)N2CCCC[C@H]2c2cc3nc(NCC(C)(C)N)cc1n3n2. The summed E-state index contributed by atoms with van der Waals surface area (Å²) in [6.45, 7) is 6.55. The zero-order valence-corrected chi connectivity index (χ0v) is 22.6. The first kappa shape index (κ1) is 25.6. The quantitative estimate of drug-likeness (QED) is 0.519. The molecule has 1 aromatic carbocycles. The second kappa shape index (κ2) is 10.4. The first-order valence-corrected chi connectivity index (χ1v) is 13.5. The van der Waals surface area contributed by atoms with Gasteiger partial charge in [0.15, 0.2) is 5.65 Å². The number of piperidine rings is 1. The van der Waals surface area contributed by atoms with E-state index in [-0.39, 0.29) is 17.5 Å². The Balaban J connectivity index is 1.59. The number of carbonyl (C=O) groups is 1. The molecular formula is C27H36ClN7O2. The number of aromatic nitrogens is 3. The van der Waals surface area contributed by atoms with E-state index in [0.29, 0.717) is 36.0 Å². The van der Waals surface area contributed by atoms with Crippen LogP contribution < -0.4 is 20.7 Å². The van der Waals surface area contributed by atoms with Crippen molar-refractivity contribution in [3.63, 3.8) is 0 Å². The van der Waals surface area contributed by atoms with Crippen molar-refractivity contribution < 1.29 is 9.53 Å². The fourth-order valence-electron chi connectivity index (χ4n) is 5.00. The minimum atomic E-state index is -0.374. The van der Waals surface area contributed by atoms with Crippen LogP contribution in [0.1, 0.15) is 68.0 Å². The molecule has 1 amide bonds. The maximum Gasteiger partial charge on any atom is 0.258 e. The van der Waals surface area contributed by atoms with E-state index in [2.05, 4.69) is 17.3 Å². The summed E-state index contributed by atoms with van der Waals surface area (Å²) >= 11 is 6.31. The van der Waals surface area contributed by atoms with Crippen molar-refractivity contribution in [2.24, 2.45) is 5.73 Å². The molecule has 2 bridgehead atoms. The maximum atomic E-state index is 13.9. The molecule has 0 aliphatic carbocycles. The molecule has 1 atom stereocenters. The lowest BCUT2D eigenvalue weighted by molar-refractivity contribution is 0.0601. The van der Waals surface area contributed by atoms with Gasteiger partial charge < -0.3 is 25.6 Å². The molecule has 37 heavy (non-hydrogen) atoms. The van der Waals surface area contributed by atoms with Crippen LogP contribution in [0.5, 0.6) is 5.75 Å². The van der Waals surface area contributed by atoms with Crippen molar-refractivity contribution >= 4 is 34.8 Å². The van der Waals surface area contributed by atoms with Gasteiger partial charge in [0.25, 0.3) is 5.91 Å². The Morgan fingerprint density at radius 2 is 1.97 bits per heavy atom. The molecule has 3 aromatic rings. The van der Waals surface area contributed by atoms with Crippen molar-refractivity contribution in [3.05, 3.63) is 46.6 Å². The van der Waals surface area contributed by atoms with Crippen LogP contribution in [0, 0.1) is 0 Å². The summed E-state index contributed by atoms with van der Waals surface area (Å²) in [6, 6.07) is 9.17. The van der Waals surface area contributed by atoms with Gasteiger partial charge in [-0.25, -0.2) is 4.98 Å². The molecule has 198 valence electrons. The minimum absolute atomic E-state index is 0.0769. The van der Waals surface area contributed by atoms with Crippen LogP contribution in [0.4, 0.5) is 11.6 Å². The molecule has 0 spiro atoms. The summed E-state index contributed by atoms with van der Waals surface area (Å²) in [6.07, 6.45) is 4.57. The maximum absolute atomic E-state index is 13.9. The monoisotopic (exact) mass is 525 g/mol. The molecule has 0 unspecified atom stereocenters. The highest BCUT2D eigenvalue weighted by Crippen LogP contribution is 2.35. The lowest BCUT2D eigenvalue weighted by Gasteiger charge is -2.35. The standard InChI is InChI=1S/C27H36ClN7O2/c1-27(2,29)17-30-23-16-25-33(3)11-6-7-13-37-22-10-9-18(28)14-19(22)26(36)34-12-5-4-8-21(34)20-15-24(31-23)35(25)32-20/h9-10,14-16,21H,4-8,11-13,17,29H2,1-3H3,(H,30,31)/t21-/m0/s1. The van der Waals surface area contributed by atoms with Crippen LogP contribution >= 0.6 is 11.6 Å². The molecule has 0 saturated carbocycles. The summed E-state index contributed by atoms with van der Waals surface area (Å²) in [5.41, 5.74) is 7.92. The van der Waals surface area contributed by atoms with Gasteiger partial charge in [-0.3, -0.25) is 4.79 Å². The Bertz CT molecular complexity index is 1290. The van der Waals surface area contributed by atoms with Crippen LogP contribution in [-0.2, 0) is 0 Å². The number of amides is 1. The summed E-state index contributed by atoms with van der Waals surface area (Å²) in [5.74, 6) is 2.20. The van der Waals surface area contributed by atoms with E-state index in [0.717, 1.165) is 61.6 Å². The number of rotatable bonds is 3. The molecule has 1 fully saturated rings. The number of nitrogens with zero attached hydrogens (tertiary/aromatic N) is 5. The van der Waals surface area contributed by atoms with Gasteiger partial charge in [-0.15, -0.1) is 0 Å². The van der Waals surface area contributed by atoms with Gasteiger partial charge >= 0.3 is 0 Å². The second-order valence-corrected chi connectivity index (χ2v) is 11.2. The van der Waals surface area contributed by atoms with Gasteiger partial charge in [0, 0.05) is 49.4 Å². The van der Waals surface area contributed by atoms with Gasteiger partial charge in [0.05, 0.1) is 23.9 Å². The Hall–Kier alpha value is -3.04. The number of hydrogen-bond acceptors (Lipinski definition) is 7. The molecule has 10 heteroatoms. The van der Waals surface area contributed by atoms with Gasteiger partial charge in [-0.1, -0.05) is 11.6 Å². The van der Waals surface area contributed by atoms with Crippen molar-refractivity contribution in [2.45, 2.75) is 57.5 Å². The molecule has 9 nitrogen and oxygen atoms in total. The highest BCUT2D eigenvalue weighted by molar-refractivity contribution is 6.31. The van der Waals surface area contributed by atoms with Crippen molar-refractivity contribution in [1.82, 2.24) is 19.5 Å². The molecular weight excluding hydrogens is 490 g/mol. The minimum Gasteiger partial charge on any atom is -0.493 e. The summed E-state index contributed by atoms with van der Waals surface area (Å²) in [5, 5.41) is 8.91. The van der Waals surface area contributed by atoms with Gasteiger partial charge in [0.1, 0.15) is 17.4 Å². The number of carbonyl (C=O) groups excluding carboxylic acids is 1. The lowest BCUT2D eigenvalue weighted by atomic mass is 9.98.